The van der Waals surface area contributed by atoms with E-state index in [1.54, 1.807) is 19.1 Å². The van der Waals surface area contributed by atoms with E-state index in [0.717, 1.165) is 16.8 Å². The minimum atomic E-state index is -0.345. The van der Waals surface area contributed by atoms with Crippen molar-refractivity contribution in [3.63, 3.8) is 0 Å². The number of aromatic nitrogens is 1. The number of hydrogen-bond donors (Lipinski definition) is 2. The Bertz CT molecular complexity index is 955. The molecule has 1 amide bonds. The Labute approximate surface area is 173 Å². The molecular formula is C22H23N3O3S. The Kier molecular flexibility index (Phi) is 7.10. The molecule has 7 heteroatoms. The maximum Gasteiger partial charge on any atom is 0.338 e. The van der Waals surface area contributed by atoms with Gasteiger partial charge in [-0.2, -0.15) is 0 Å². The maximum atomic E-state index is 12.2. The summed E-state index contributed by atoms with van der Waals surface area (Å²) in [6.07, 6.45) is 0. The predicted molar refractivity (Wildman–Crippen MR) is 115 cm³/mol. The van der Waals surface area contributed by atoms with Crippen molar-refractivity contribution in [2.24, 2.45) is 0 Å². The molecule has 2 aromatic carbocycles. The molecule has 1 aromatic heterocycles. The molecule has 0 radical (unpaired) electrons. The first kappa shape index (κ1) is 20.7. The van der Waals surface area contributed by atoms with Gasteiger partial charge in [0, 0.05) is 17.0 Å². The van der Waals surface area contributed by atoms with Gasteiger partial charge in [-0.15, -0.1) is 11.3 Å². The van der Waals surface area contributed by atoms with Crippen molar-refractivity contribution < 1.29 is 14.3 Å². The van der Waals surface area contributed by atoms with Crippen LogP contribution in [0.2, 0.25) is 0 Å². The van der Waals surface area contributed by atoms with E-state index >= 15 is 0 Å². The van der Waals surface area contributed by atoms with Crippen LogP contribution in [0, 0.1) is 0 Å². The van der Waals surface area contributed by atoms with Crippen molar-refractivity contribution in [2.75, 3.05) is 18.5 Å². The summed E-state index contributed by atoms with van der Waals surface area (Å²) < 4.78 is 4.98. The van der Waals surface area contributed by atoms with Crippen LogP contribution in [-0.2, 0) is 9.53 Å². The van der Waals surface area contributed by atoms with E-state index in [2.05, 4.69) is 15.6 Å². The van der Waals surface area contributed by atoms with Crippen LogP contribution in [0.25, 0.3) is 11.3 Å². The fourth-order valence-corrected chi connectivity index (χ4v) is 3.46. The third kappa shape index (κ3) is 5.73. The van der Waals surface area contributed by atoms with Crippen molar-refractivity contribution >= 4 is 28.3 Å². The van der Waals surface area contributed by atoms with E-state index in [1.165, 1.54) is 11.3 Å². The van der Waals surface area contributed by atoms with Crippen LogP contribution < -0.4 is 10.6 Å². The molecule has 0 saturated carbocycles. The molecule has 1 heterocycles. The van der Waals surface area contributed by atoms with E-state index in [-0.39, 0.29) is 24.5 Å². The van der Waals surface area contributed by atoms with Crippen LogP contribution in [0.15, 0.2) is 60.0 Å². The van der Waals surface area contributed by atoms with Gasteiger partial charge in [0.25, 0.3) is 0 Å². The molecule has 6 nitrogen and oxygen atoms in total. The highest BCUT2D eigenvalue weighted by Gasteiger charge is 2.11. The molecule has 1 atom stereocenters. The van der Waals surface area contributed by atoms with Gasteiger partial charge < -0.3 is 15.4 Å². The van der Waals surface area contributed by atoms with Gasteiger partial charge in [-0.1, -0.05) is 42.5 Å². The predicted octanol–water partition coefficient (Wildman–Crippen LogP) is 4.28. The standard InChI is InChI=1S/C22H23N3O3S/c1-3-28-21(27)18-11-9-17(10-12-18)19-14-29-22(24-19)25-20(26)13-23-15(2)16-7-5-4-6-8-16/h4-12,14-15,23H,3,13H2,1-2H3,(H,24,25,26). The van der Waals surface area contributed by atoms with E-state index in [1.807, 2.05) is 54.8 Å². The largest absolute Gasteiger partial charge is 0.462 e. The number of hydrogen-bond acceptors (Lipinski definition) is 6. The normalized spacial score (nSPS) is 11.7. The summed E-state index contributed by atoms with van der Waals surface area (Å²) in [5, 5.41) is 8.43. The van der Waals surface area contributed by atoms with E-state index in [4.69, 9.17) is 4.74 Å². The lowest BCUT2D eigenvalue weighted by molar-refractivity contribution is -0.115. The molecule has 0 saturated heterocycles. The molecule has 0 bridgehead atoms. The number of carbonyl (C=O) groups excluding carboxylic acids is 2. The summed E-state index contributed by atoms with van der Waals surface area (Å²) in [5.41, 5.74) is 3.23. The summed E-state index contributed by atoms with van der Waals surface area (Å²) in [7, 11) is 0. The summed E-state index contributed by atoms with van der Waals surface area (Å²) in [6, 6.07) is 17.1. The van der Waals surface area contributed by atoms with Crippen LogP contribution in [0.3, 0.4) is 0 Å². The molecule has 0 aliphatic rings. The average molecular weight is 410 g/mol. The highest BCUT2D eigenvalue weighted by atomic mass is 32.1. The van der Waals surface area contributed by atoms with Crippen LogP contribution >= 0.6 is 11.3 Å². The Morgan fingerprint density at radius 1 is 1.10 bits per heavy atom. The van der Waals surface area contributed by atoms with Gasteiger partial charge >= 0.3 is 5.97 Å². The van der Waals surface area contributed by atoms with Crippen LogP contribution in [-0.4, -0.2) is 30.0 Å². The second-order valence-electron chi connectivity index (χ2n) is 6.40. The quantitative estimate of drug-likeness (QED) is 0.543. The molecule has 29 heavy (non-hydrogen) atoms. The summed E-state index contributed by atoms with van der Waals surface area (Å²) in [4.78, 5) is 28.4. The molecular weight excluding hydrogens is 386 g/mol. The molecule has 0 spiro atoms. The Morgan fingerprint density at radius 2 is 1.83 bits per heavy atom. The lowest BCUT2D eigenvalue weighted by Gasteiger charge is -2.13. The average Bonchev–Trinajstić information content (AvgIpc) is 3.21. The second-order valence-corrected chi connectivity index (χ2v) is 7.26. The number of thiazole rings is 1. The third-order valence-electron chi connectivity index (χ3n) is 4.31. The van der Waals surface area contributed by atoms with Gasteiger partial charge in [0.2, 0.25) is 5.91 Å². The van der Waals surface area contributed by atoms with E-state index in [0.29, 0.717) is 17.3 Å². The summed E-state index contributed by atoms with van der Waals surface area (Å²) >= 11 is 1.36. The number of esters is 1. The number of amides is 1. The zero-order valence-electron chi connectivity index (χ0n) is 16.3. The number of carbonyl (C=O) groups is 2. The van der Waals surface area contributed by atoms with E-state index < -0.39 is 0 Å². The van der Waals surface area contributed by atoms with E-state index in [9.17, 15) is 9.59 Å². The maximum absolute atomic E-state index is 12.2. The minimum Gasteiger partial charge on any atom is -0.462 e. The molecule has 2 N–H and O–H groups in total. The van der Waals surface area contributed by atoms with Gasteiger partial charge in [0.05, 0.1) is 24.4 Å². The first-order valence-corrected chi connectivity index (χ1v) is 10.3. The Morgan fingerprint density at radius 3 is 2.52 bits per heavy atom. The van der Waals surface area contributed by atoms with Crippen molar-refractivity contribution in [3.8, 4) is 11.3 Å². The van der Waals surface area contributed by atoms with Crippen LogP contribution in [0.5, 0.6) is 0 Å². The highest BCUT2D eigenvalue weighted by Crippen LogP contribution is 2.25. The number of rotatable bonds is 8. The Balaban J connectivity index is 1.54. The first-order valence-electron chi connectivity index (χ1n) is 9.38. The minimum absolute atomic E-state index is 0.0757. The van der Waals surface area contributed by atoms with Gasteiger partial charge in [-0.25, -0.2) is 9.78 Å². The number of anilines is 1. The molecule has 0 fully saturated rings. The molecule has 3 aromatic rings. The van der Waals surface area contributed by atoms with Gasteiger partial charge in [-0.3, -0.25) is 4.79 Å². The molecule has 0 aliphatic carbocycles. The van der Waals surface area contributed by atoms with Crippen molar-refractivity contribution in [1.82, 2.24) is 10.3 Å². The molecule has 3 rings (SSSR count). The fourth-order valence-electron chi connectivity index (χ4n) is 2.72. The second kappa shape index (κ2) is 9.95. The number of nitrogens with zero attached hydrogens (tertiary/aromatic N) is 1. The highest BCUT2D eigenvalue weighted by molar-refractivity contribution is 7.14. The monoisotopic (exact) mass is 409 g/mol. The topological polar surface area (TPSA) is 80.3 Å². The fraction of sp³-hybridized carbons (Fsp3) is 0.227. The zero-order chi connectivity index (χ0) is 20.6. The smallest absolute Gasteiger partial charge is 0.338 e. The van der Waals surface area contributed by atoms with Crippen molar-refractivity contribution in [3.05, 3.63) is 71.1 Å². The molecule has 150 valence electrons. The summed E-state index contributed by atoms with van der Waals surface area (Å²) in [6.45, 7) is 4.33. The number of nitrogens with one attached hydrogen (secondary N) is 2. The number of ether oxygens (including phenoxy) is 1. The van der Waals surface area contributed by atoms with Gasteiger partial charge in [-0.05, 0) is 31.5 Å². The van der Waals surface area contributed by atoms with Gasteiger partial charge in [0.1, 0.15) is 0 Å². The molecule has 1 unspecified atom stereocenters. The van der Waals surface area contributed by atoms with Crippen LogP contribution in [0.4, 0.5) is 5.13 Å². The third-order valence-corrected chi connectivity index (χ3v) is 5.07. The Hall–Kier alpha value is -3.03. The summed E-state index contributed by atoms with van der Waals surface area (Å²) in [5.74, 6) is -0.492. The van der Waals surface area contributed by atoms with Crippen molar-refractivity contribution in [1.29, 1.82) is 0 Å². The van der Waals surface area contributed by atoms with Crippen molar-refractivity contribution in [2.45, 2.75) is 19.9 Å². The molecule has 0 aliphatic heterocycles. The SMILES string of the molecule is CCOC(=O)c1ccc(-c2csc(NC(=O)CNC(C)c3ccccc3)n2)cc1. The van der Waals surface area contributed by atoms with Gasteiger partial charge in [0.15, 0.2) is 5.13 Å². The lowest BCUT2D eigenvalue weighted by Crippen LogP contribution is -2.30. The van der Waals surface area contributed by atoms with Crippen LogP contribution in [0.1, 0.15) is 35.8 Å². The number of benzene rings is 2. The first-order chi connectivity index (χ1) is 14.1. The zero-order valence-corrected chi connectivity index (χ0v) is 17.2. The lowest BCUT2D eigenvalue weighted by atomic mass is 10.1.